The van der Waals surface area contributed by atoms with Crippen molar-refractivity contribution in [3.63, 3.8) is 0 Å². The first-order chi connectivity index (χ1) is 15.6. The number of nitrogens with two attached hydrogens (primary N) is 1. The quantitative estimate of drug-likeness (QED) is 0.387. The summed E-state index contributed by atoms with van der Waals surface area (Å²) in [4.78, 5) is 15.6. The van der Waals surface area contributed by atoms with Crippen LogP contribution in [0.25, 0.3) is 16.9 Å². The molecule has 1 aliphatic heterocycles. The summed E-state index contributed by atoms with van der Waals surface area (Å²) in [5.74, 6) is 0.528. The molecule has 162 valence electrons. The molecule has 0 atom stereocenters. The van der Waals surface area contributed by atoms with Crippen molar-refractivity contribution in [3.05, 3.63) is 65.8 Å². The zero-order valence-electron chi connectivity index (χ0n) is 17.4. The standard InChI is InChI=1S/C23H23BrN8/c24-22-27-15-32(30-22)19-6-4-18(5-7-19)28-23-26-9-8-21(29-23)16-12-17(25)14-20(13-16)31-10-2-1-3-11-31/h4-9,12-15H,1-3,10-11,25H2,(H,26,28,29). The van der Waals surface area contributed by atoms with Crippen LogP contribution in [0.1, 0.15) is 19.3 Å². The molecule has 3 N–H and O–H groups in total. The lowest BCUT2D eigenvalue weighted by molar-refractivity contribution is 0.578. The molecule has 1 aliphatic rings. The summed E-state index contributed by atoms with van der Waals surface area (Å²) >= 11 is 3.26. The second-order valence-electron chi connectivity index (χ2n) is 7.76. The molecule has 1 saturated heterocycles. The molecule has 0 spiro atoms. The number of hydrogen-bond donors (Lipinski definition) is 2. The Labute approximate surface area is 194 Å². The number of piperidine rings is 1. The number of halogens is 1. The second kappa shape index (κ2) is 8.96. The van der Waals surface area contributed by atoms with E-state index in [9.17, 15) is 0 Å². The van der Waals surface area contributed by atoms with E-state index in [1.54, 1.807) is 17.2 Å². The lowest BCUT2D eigenvalue weighted by Crippen LogP contribution is -2.29. The fourth-order valence-corrected chi connectivity index (χ4v) is 4.15. The summed E-state index contributed by atoms with van der Waals surface area (Å²) in [6.45, 7) is 2.14. The number of hydrogen-bond acceptors (Lipinski definition) is 7. The summed E-state index contributed by atoms with van der Waals surface area (Å²) in [6, 6.07) is 15.9. The SMILES string of the molecule is Nc1cc(-c2ccnc(Nc3ccc(-n4cnc(Br)n4)cc3)n2)cc(N2CCCCC2)c1. The normalized spacial score (nSPS) is 13.8. The lowest BCUT2D eigenvalue weighted by atomic mass is 10.1. The van der Waals surface area contributed by atoms with Gasteiger partial charge in [0.2, 0.25) is 10.7 Å². The van der Waals surface area contributed by atoms with Crippen molar-refractivity contribution >= 4 is 38.9 Å². The summed E-state index contributed by atoms with van der Waals surface area (Å²) < 4.78 is 2.25. The van der Waals surface area contributed by atoms with Gasteiger partial charge in [0, 0.05) is 41.9 Å². The third-order valence-electron chi connectivity index (χ3n) is 5.46. The highest BCUT2D eigenvalue weighted by atomic mass is 79.9. The molecule has 8 nitrogen and oxygen atoms in total. The van der Waals surface area contributed by atoms with Crippen molar-refractivity contribution in [2.24, 2.45) is 0 Å². The number of nitrogens with one attached hydrogen (secondary N) is 1. The van der Waals surface area contributed by atoms with Crippen LogP contribution in [0.5, 0.6) is 0 Å². The van der Waals surface area contributed by atoms with Gasteiger partial charge in [0.15, 0.2) is 0 Å². The van der Waals surface area contributed by atoms with Gasteiger partial charge in [-0.25, -0.2) is 19.6 Å². The number of aromatic nitrogens is 5. The van der Waals surface area contributed by atoms with E-state index in [1.165, 1.54) is 19.3 Å². The minimum absolute atomic E-state index is 0.528. The molecule has 32 heavy (non-hydrogen) atoms. The molecular formula is C23H23BrN8. The Morgan fingerprint density at radius 3 is 2.47 bits per heavy atom. The predicted molar refractivity (Wildman–Crippen MR) is 130 cm³/mol. The lowest BCUT2D eigenvalue weighted by Gasteiger charge is -2.29. The molecule has 0 radical (unpaired) electrons. The number of nitrogens with zero attached hydrogens (tertiary/aromatic N) is 6. The maximum atomic E-state index is 6.23. The minimum atomic E-state index is 0.528. The fraction of sp³-hybridized carbons (Fsp3) is 0.217. The van der Waals surface area contributed by atoms with E-state index >= 15 is 0 Å². The Kier molecular flexibility index (Phi) is 5.72. The molecule has 5 rings (SSSR count). The molecule has 3 heterocycles. The van der Waals surface area contributed by atoms with Gasteiger partial charge in [0.25, 0.3) is 0 Å². The van der Waals surface area contributed by atoms with Crippen LogP contribution in [-0.4, -0.2) is 37.8 Å². The van der Waals surface area contributed by atoms with Crippen LogP contribution in [0, 0.1) is 0 Å². The minimum Gasteiger partial charge on any atom is -0.399 e. The highest BCUT2D eigenvalue weighted by molar-refractivity contribution is 9.10. The molecule has 0 aliphatic carbocycles. The summed E-state index contributed by atoms with van der Waals surface area (Å²) in [5, 5.41) is 7.52. The zero-order chi connectivity index (χ0) is 21.9. The molecule has 0 bridgehead atoms. The van der Waals surface area contributed by atoms with E-state index in [-0.39, 0.29) is 0 Å². The molecule has 0 saturated carbocycles. The van der Waals surface area contributed by atoms with Gasteiger partial charge in [-0.05, 0) is 83.7 Å². The predicted octanol–water partition coefficient (Wildman–Crippen LogP) is 4.80. The summed E-state index contributed by atoms with van der Waals surface area (Å²) in [7, 11) is 0. The van der Waals surface area contributed by atoms with E-state index < -0.39 is 0 Å². The van der Waals surface area contributed by atoms with Crippen molar-refractivity contribution in [1.82, 2.24) is 24.7 Å². The zero-order valence-corrected chi connectivity index (χ0v) is 19.0. The molecule has 2 aromatic carbocycles. The van der Waals surface area contributed by atoms with Crippen molar-refractivity contribution in [3.8, 4) is 16.9 Å². The second-order valence-corrected chi connectivity index (χ2v) is 8.47. The molecular weight excluding hydrogens is 468 g/mol. The third kappa shape index (κ3) is 4.57. The average Bonchev–Trinajstić information content (AvgIpc) is 3.26. The summed E-state index contributed by atoms with van der Waals surface area (Å²) in [6.07, 6.45) is 7.15. The number of rotatable bonds is 5. The molecule has 9 heteroatoms. The van der Waals surface area contributed by atoms with Gasteiger partial charge in [0.05, 0.1) is 11.4 Å². The van der Waals surface area contributed by atoms with Crippen LogP contribution in [0.3, 0.4) is 0 Å². The van der Waals surface area contributed by atoms with E-state index in [1.807, 2.05) is 42.5 Å². The van der Waals surface area contributed by atoms with Crippen LogP contribution in [0.2, 0.25) is 0 Å². The van der Waals surface area contributed by atoms with Gasteiger partial charge in [-0.15, -0.1) is 5.10 Å². The average molecular weight is 491 g/mol. The molecule has 2 aromatic heterocycles. The van der Waals surface area contributed by atoms with Crippen molar-refractivity contribution in [2.45, 2.75) is 19.3 Å². The Hall–Kier alpha value is -3.46. The maximum absolute atomic E-state index is 6.23. The smallest absolute Gasteiger partial charge is 0.227 e. The van der Waals surface area contributed by atoms with E-state index in [0.29, 0.717) is 10.7 Å². The molecule has 0 amide bonds. The first-order valence-electron chi connectivity index (χ1n) is 10.6. The topological polar surface area (TPSA) is 97.8 Å². The Morgan fingerprint density at radius 2 is 1.72 bits per heavy atom. The van der Waals surface area contributed by atoms with Gasteiger partial charge < -0.3 is 16.0 Å². The van der Waals surface area contributed by atoms with Crippen LogP contribution >= 0.6 is 15.9 Å². The van der Waals surface area contributed by atoms with Gasteiger partial charge in [0.1, 0.15) is 6.33 Å². The third-order valence-corrected chi connectivity index (χ3v) is 5.83. The van der Waals surface area contributed by atoms with E-state index in [2.05, 4.69) is 47.3 Å². The number of benzene rings is 2. The van der Waals surface area contributed by atoms with Crippen LogP contribution < -0.4 is 16.0 Å². The van der Waals surface area contributed by atoms with E-state index in [4.69, 9.17) is 10.7 Å². The molecule has 0 unspecified atom stereocenters. The largest absolute Gasteiger partial charge is 0.399 e. The van der Waals surface area contributed by atoms with Crippen LogP contribution in [0.4, 0.5) is 23.0 Å². The number of anilines is 4. The van der Waals surface area contributed by atoms with Gasteiger partial charge in [-0.1, -0.05) is 0 Å². The molecule has 4 aromatic rings. The van der Waals surface area contributed by atoms with Crippen molar-refractivity contribution in [1.29, 1.82) is 0 Å². The first-order valence-corrected chi connectivity index (χ1v) is 11.4. The summed E-state index contributed by atoms with van der Waals surface area (Å²) in [5.41, 5.74) is 11.7. The Bertz CT molecular complexity index is 1210. The first kappa shape index (κ1) is 20.4. The van der Waals surface area contributed by atoms with Crippen molar-refractivity contribution in [2.75, 3.05) is 29.0 Å². The number of nitrogen functional groups attached to an aromatic ring is 1. The van der Waals surface area contributed by atoms with E-state index in [0.717, 1.165) is 47.1 Å². The Morgan fingerprint density at radius 1 is 0.906 bits per heavy atom. The van der Waals surface area contributed by atoms with Gasteiger partial charge >= 0.3 is 0 Å². The van der Waals surface area contributed by atoms with Crippen LogP contribution in [-0.2, 0) is 0 Å². The molecule has 1 fully saturated rings. The van der Waals surface area contributed by atoms with Gasteiger partial charge in [-0.2, -0.15) is 0 Å². The van der Waals surface area contributed by atoms with Crippen LogP contribution in [0.15, 0.2) is 65.8 Å². The maximum Gasteiger partial charge on any atom is 0.227 e. The van der Waals surface area contributed by atoms with Gasteiger partial charge in [-0.3, -0.25) is 0 Å². The fourth-order valence-electron chi connectivity index (χ4n) is 3.89. The highest BCUT2D eigenvalue weighted by Gasteiger charge is 2.13. The highest BCUT2D eigenvalue weighted by Crippen LogP contribution is 2.29. The van der Waals surface area contributed by atoms with Crippen molar-refractivity contribution < 1.29 is 0 Å². The Balaban J connectivity index is 1.36. The monoisotopic (exact) mass is 490 g/mol.